The molecule has 0 rings (SSSR count). The Morgan fingerprint density at radius 3 is 1.11 bits per heavy atom. The van der Waals surface area contributed by atoms with Crippen LogP contribution in [0.1, 0.15) is 208 Å². The number of phosphoric ester groups is 1. The summed E-state index contributed by atoms with van der Waals surface area (Å²) < 4.78 is 45.3. The smallest absolute Gasteiger partial charge is 0.462 e. The van der Waals surface area contributed by atoms with Gasteiger partial charge in [-0.1, -0.05) is 170 Å². The summed E-state index contributed by atoms with van der Waals surface area (Å²) in [6.45, 7) is 12.9. The van der Waals surface area contributed by atoms with Gasteiger partial charge in [0.15, 0.2) is 12.2 Å². The first kappa shape index (κ1) is 60.9. The van der Waals surface area contributed by atoms with Crippen LogP contribution in [0.4, 0.5) is 0 Å². The van der Waals surface area contributed by atoms with E-state index >= 15 is 0 Å². The molecule has 3 N–H and O–H groups in total. The molecule has 0 aromatic carbocycles. The van der Waals surface area contributed by atoms with E-state index in [1.165, 1.54) is 89.9 Å². The Morgan fingerprint density at radius 1 is 0.444 bits per heavy atom. The molecule has 14 nitrogen and oxygen atoms in total. The Bertz CT molecular complexity index is 1170. The Balaban J connectivity index is 5.21. The summed E-state index contributed by atoms with van der Waals surface area (Å²) in [5.41, 5.74) is 0. The number of rotatable bonds is 46. The summed E-state index contributed by atoms with van der Waals surface area (Å²) >= 11 is 0. The number of hydrogen-bond acceptors (Lipinski definition) is 13. The molecule has 0 radical (unpaired) electrons. The summed E-state index contributed by atoms with van der Waals surface area (Å²) in [5.74, 6) is -1.32. The fourth-order valence-corrected chi connectivity index (χ4v) is 7.44. The van der Waals surface area contributed by atoms with E-state index in [0.29, 0.717) is 44.3 Å². The van der Waals surface area contributed by atoms with Gasteiger partial charge in [0.25, 0.3) is 0 Å². The third-order valence-corrected chi connectivity index (χ3v) is 11.3. The highest BCUT2D eigenvalue weighted by Crippen LogP contribution is 2.43. The van der Waals surface area contributed by atoms with Crippen molar-refractivity contribution in [2.75, 3.05) is 52.6 Å². The maximum Gasteiger partial charge on any atom is 0.472 e. The average molecular weight is 921 g/mol. The third kappa shape index (κ3) is 43.6. The van der Waals surface area contributed by atoms with E-state index in [1.807, 2.05) is 13.8 Å². The van der Waals surface area contributed by atoms with Gasteiger partial charge >= 0.3 is 31.7 Å². The van der Waals surface area contributed by atoms with Crippen molar-refractivity contribution in [3.05, 3.63) is 0 Å². The number of esters is 4. The second kappa shape index (κ2) is 42.5. The molecule has 3 atom stereocenters. The molecule has 0 aliphatic heterocycles. The van der Waals surface area contributed by atoms with Crippen LogP contribution < -0.4 is 10.6 Å². The number of hydrogen-bond donors (Lipinski definition) is 3. The number of ether oxygens (including phenoxy) is 4. The molecule has 0 saturated heterocycles. The van der Waals surface area contributed by atoms with E-state index in [4.69, 9.17) is 28.0 Å². The lowest BCUT2D eigenvalue weighted by Crippen LogP contribution is -2.32. The summed E-state index contributed by atoms with van der Waals surface area (Å²) in [6, 6.07) is 0. The molecule has 15 heteroatoms. The van der Waals surface area contributed by atoms with Crippen LogP contribution >= 0.6 is 7.82 Å². The second-order valence-corrected chi connectivity index (χ2v) is 19.4. The van der Waals surface area contributed by atoms with Gasteiger partial charge in [-0.2, -0.15) is 0 Å². The van der Waals surface area contributed by atoms with Gasteiger partial charge in [0.2, 0.25) is 0 Å². The van der Waals surface area contributed by atoms with Crippen LogP contribution in [0.3, 0.4) is 0 Å². The fraction of sp³-hybridized carbons (Fsp3) is 0.917. The van der Waals surface area contributed by atoms with Gasteiger partial charge in [-0.05, 0) is 37.8 Å². The highest BCUT2D eigenvalue weighted by Gasteiger charge is 2.29. The molecule has 63 heavy (non-hydrogen) atoms. The number of carbonyl (C=O) groups is 4. The van der Waals surface area contributed by atoms with Crippen LogP contribution in [0, 0.1) is 11.8 Å². The highest BCUT2D eigenvalue weighted by atomic mass is 31.2. The summed E-state index contributed by atoms with van der Waals surface area (Å²) in [4.78, 5) is 61.2. The first-order chi connectivity index (χ1) is 30.3. The van der Waals surface area contributed by atoms with Crippen LogP contribution in [-0.2, 0) is 51.7 Å². The molecule has 0 aromatic rings. The minimum atomic E-state index is -4.83. The van der Waals surface area contributed by atoms with Gasteiger partial charge in [0.1, 0.15) is 13.2 Å². The third-order valence-electron chi connectivity index (χ3n) is 10.4. The van der Waals surface area contributed by atoms with Gasteiger partial charge in [-0.15, -0.1) is 0 Å². The van der Waals surface area contributed by atoms with Crippen molar-refractivity contribution in [1.82, 2.24) is 10.6 Å². The van der Waals surface area contributed by atoms with E-state index in [1.54, 1.807) is 0 Å². The number of carbonyl (C=O) groups excluding carboxylic acids is 4. The zero-order chi connectivity index (χ0) is 46.8. The largest absolute Gasteiger partial charge is 0.472 e. The van der Waals surface area contributed by atoms with E-state index in [2.05, 4.69) is 38.3 Å². The van der Waals surface area contributed by atoms with Crippen molar-refractivity contribution < 1.29 is 56.6 Å². The highest BCUT2D eigenvalue weighted by molar-refractivity contribution is 7.47. The lowest BCUT2D eigenvalue weighted by atomic mass is 10.1. The standard InChI is InChI=1S/C48H93N2O12P/c1-7-9-11-13-15-17-19-21-23-25-27-29-45(51)57-37-43(61-47(53)30-28-26-24-22-20-18-16-14-12-10-8-2)39-59-63(55,56)60-40-44(62-48(54)32-34-50-36-42(5)6)38-58-46(52)31-33-49-35-41(3)4/h41-44,49-50H,7-40H2,1-6H3,(H,55,56)/t43-,44?/m1/s1. The molecule has 0 heterocycles. The molecule has 372 valence electrons. The minimum Gasteiger partial charge on any atom is -0.462 e. The van der Waals surface area contributed by atoms with Gasteiger partial charge < -0.3 is 34.5 Å². The zero-order valence-electron chi connectivity index (χ0n) is 40.7. The maximum absolute atomic E-state index is 13.1. The summed E-state index contributed by atoms with van der Waals surface area (Å²) in [5, 5.41) is 6.31. The van der Waals surface area contributed by atoms with Crippen LogP contribution in [0.5, 0.6) is 0 Å². The lowest BCUT2D eigenvalue weighted by Gasteiger charge is -2.22. The van der Waals surface area contributed by atoms with Crippen molar-refractivity contribution in [2.45, 2.75) is 221 Å². The van der Waals surface area contributed by atoms with Crippen molar-refractivity contribution in [3.63, 3.8) is 0 Å². The number of nitrogens with one attached hydrogen (secondary N) is 2. The number of unbranched alkanes of at least 4 members (excludes halogenated alkanes) is 20. The monoisotopic (exact) mass is 921 g/mol. The summed E-state index contributed by atoms with van der Waals surface area (Å²) in [6.07, 6.45) is 23.3. The Labute approximate surface area is 383 Å². The van der Waals surface area contributed by atoms with Crippen LogP contribution in [0.25, 0.3) is 0 Å². The van der Waals surface area contributed by atoms with E-state index in [9.17, 15) is 28.6 Å². The fourth-order valence-electron chi connectivity index (χ4n) is 6.66. The quantitative estimate of drug-likeness (QED) is 0.0227. The molecule has 0 bridgehead atoms. The molecule has 0 aromatic heterocycles. The SMILES string of the molecule is CCCCCCCCCCCCCC(=O)OC[C@H](COP(=O)(O)OCC(COC(=O)CCNCC(C)C)OC(=O)CCNCC(C)C)OC(=O)CCCCCCCCCCCCC. The molecule has 0 saturated carbocycles. The van der Waals surface area contributed by atoms with Gasteiger partial charge in [0, 0.05) is 25.9 Å². The molecule has 2 unspecified atom stereocenters. The van der Waals surface area contributed by atoms with Gasteiger partial charge in [0.05, 0.1) is 26.1 Å². The minimum absolute atomic E-state index is 0.0216. The normalized spacial score (nSPS) is 13.5. The van der Waals surface area contributed by atoms with E-state index in [0.717, 1.165) is 45.1 Å². The van der Waals surface area contributed by atoms with Crippen molar-refractivity contribution in [3.8, 4) is 0 Å². The van der Waals surface area contributed by atoms with Gasteiger partial charge in [-0.25, -0.2) is 4.57 Å². The molecular formula is C48H93N2O12P. The first-order valence-electron chi connectivity index (χ1n) is 25.0. The first-order valence-corrected chi connectivity index (χ1v) is 26.5. The molecule has 0 amide bonds. The average Bonchev–Trinajstić information content (AvgIpc) is 3.24. The lowest BCUT2D eigenvalue weighted by molar-refractivity contribution is -0.162. The van der Waals surface area contributed by atoms with Crippen LogP contribution in [0.15, 0.2) is 0 Å². The van der Waals surface area contributed by atoms with Crippen molar-refractivity contribution in [2.24, 2.45) is 11.8 Å². The summed E-state index contributed by atoms with van der Waals surface area (Å²) in [7, 11) is -4.83. The van der Waals surface area contributed by atoms with E-state index in [-0.39, 0.29) is 32.3 Å². The Morgan fingerprint density at radius 2 is 0.746 bits per heavy atom. The zero-order valence-corrected chi connectivity index (χ0v) is 41.6. The van der Waals surface area contributed by atoms with Crippen molar-refractivity contribution in [1.29, 1.82) is 0 Å². The second-order valence-electron chi connectivity index (χ2n) is 17.9. The van der Waals surface area contributed by atoms with Crippen LogP contribution in [-0.4, -0.2) is 93.6 Å². The maximum atomic E-state index is 13.1. The Kier molecular flexibility index (Phi) is 41.1. The van der Waals surface area contributed by atoms with E-state index < -0.39 is 63.7 Å². The topological polar surface area (TPSA) is 185 Å². The molecular weight excluding hydrogens is 828 g/mol. The van der Waals surface area contributed by atoms with Crippen molar-refractivity contribution >= 4 is 31.7 Å². The molecule has 0 aliphatic carbocycles. The predicted molar refractivity (Wildman–Crippen MR) is 250 cm³/mol. The van der Waals surface area contributed by atoms with Gasteiger partial charge in [-0.3, -0.25) is 28.2 Å². The molecule has 0 fully saturated rings. The predicted octanol–water partition coefficient (Wildman–Crippen LogP) is 10.7. The van der Waals surface area contributed by atoms with Crippen LogP contribution in [0.2, 0.25) is 0 Å². The molecule has 0 aliphatic rings. The number of phosphoric acid groups is 1. The molecule has 0 spiro atoms. The Hall–Kier alpha value is -2.09.